The highest BCUT2D eigenvalue weighted by Gasteiger charge is 2.52. The summed E-state index contributed by atoms with van der Waals surface area (Å²) in [6, 6.07) is -8.40. The van der Waals surface area contributed by atoms with E-state index >= 15 is 24.0 Å². The number of carbonyl (C=O) groups is 12. The molecule has 0 aromatic heterocycles. The molecule has 25 nitrogen and oxygen atoms in total. The summed E-state index contributed by atoms with van der Waals surface area (Å²) in [5.74, 6) is -9.14. The van der Waals surface area contributed by atoms with Gasteiger partial charge in [-0.05, 0) is 118 Å². The van der Waals surface area contributed by atoms with Crippen LogP contribution in [-0.4, -0.2) is 265 Å². The number of hydrogen-bond donors (Lipinski definition) is 3. The highest BCUT2D eigenvalue weighted by Crippen LogP contribution is 2.39. The molecule has 2 aliphatic heterocycles. The third-order valence-electron chi connectivity index (χ3n) is 22.5. The molecule has 2 heterocycles. The first kappa shape index (κ1) is 85.8. The fraction of sp³-hybridized carbons (Fsp3) is 0.760. The maximum Gasteiger partial charge on any atom is 0.417 e. The Morgan fingerprint density at radius 3 is 1.86 bits per heavy atom. The SMILES string of the molecule is CC[C@H](C)[C@@H]1NC(=O)[C@H](CC(C)C)N(C)C(=O)C[C@@H](C(=O)N(C)C)N(C)C(=O)[C@H](C2CCCC2)N(C)C(=O)C2(CCCC2)NC(=O)[C@H](COCCC(C)C)N(C)C(=O)[C@H](CCc2ccc(C(F)(F)F)c(Cl)c2)NC(=O)CN(C)C(=O)[C@H](CC2CCCCC2)N(C)C(=O)C2CCN2C(=O)[C@H](C)N(C)C1=O. The molecule has 3 saturated carbocycles. The number of rotatable bonds is 16. The Bertz CT molecular complexity index is 3210. The average molecular weight is 1490 g/mol. The van der Waals surface area contributed by atoms with Crippen molar-refractivity contribution >= 4 is 82.5 Å². The predicted octanol–water partition coefficient (Wildman–Crippen LogP) is 6.54. The first-order valence-electron chi connectivity index (χ1n) is 37.5. The Morgan fingerprint density at radius 1 is 0.683 bits per heavy atom. The van der Waals surface area contributed by atoms with Crippen LogP contribution in [0.25, 0.3) is 0 Å². The molecular weight excluding hydrogens is 1370 g/mol. The number of nitrogens with one attached hydrogen (secondary N) is 3. The number of hydrogen-bond acceptors (Lipinski definition) is 13. The van der Waals surface area contributed by atoms with Crippen LogP contribution in [0, 0.1) is 29.6 Å². The Balaban J connectivity index is 1.48. The van der Waals surface area contributed by atoms with Crippen molar-refractivity contribution in [1.82, 2.24) is 60.0 Å². The van der Waals surface area contributed by atoms with Gasteiger partial charge < -0.3 is 64.8 Å². The molecule has 29 heteroatoms. The fourth-order valence-electron chi connectivity index (χ4n) is 15.3. The summed E-state index contributed by atoms with van der Waals surface area (Å²) in [5.41, 5.74) is -2.48. The second-order valence-corrected chi connectivity index (χ2v) is 31.6. The van der Waals surface area contributed by atoms with Crippen molar-refractivity contribution in [3.05, 3.63) is 34.3 Å². The van der Waals surface area contributed by atoms with Gasteiger partial charge in [-0.2, -0.15) is 13.2 Å². The summed E-state index contributed by atoms with van der Waals surface area (Å²) in [6.45, 7) is 12.0. The van der Waals surface area contributed by atoms with Crippen molar-refractivity contribution in [2.45, 2.75) is 249 Å². The quantitative estimate of drug-likeness (QED) is 0.149. The number of likely N-dealkylation sites (N-methyl/N-ethyl adjacent to an activating group) is 8. The lowest BCUT2D eigenvalue weighted by atomic mass is 9.84. The summed E-state index contributed by atoms with van der Waals surface area (Å²) in [7, 11) is 12.8. The smallest absolute Gasteiger partial charge is 0.379 e. The molecule has 12 amide bonds. The number of fused-ring (bicyclic) bond motifs is 1. The first-order chi connectivity index (χ1) is 48.8. The van der Waals surface area contributed by atoms with Crippen LogP contribution in [-0.2, 0) is 74.9 Å². The average Bonchev–Trinajstić information content (AvgIpc) is 1.24. The molecule has 3 aliphatic carbocycles. The number of nitrogens with zero attached hydrogens (tertiary/aromatic N) is 9. The fourth-order valence-corrected chi connectivity index (χ4v) is 15.6. The lowest BCUT2D eigenvalue weighted by molar-refractivity contribution is -0.160. The van der Waals surface area contributed by atoms with Crippen LogP contribution in [0.3, 0.4) is 0 Å². The molecule has 104 heavy (non-hydrogen) atoms. The lowest BCUT2D eigenvalue weighted by Crippen LogP contribution is -2.66. The van der Waals surface area contributed by atoms with Gasteiger partial charge in [0.15, 0.2) is 0 Å². The summed E-state index contributed by atoms with van der Waals surface area (Å²) < 4.78 is 48.1. The molecule has 1 aromatic rings. The van der Waals surface area contributed by atoms with Gasteiger partial charge in [0.1, 0.15) is 59.9 Å². The Labute approximate surface area is 618 Å². The maximum absolute atomic E-state index is 15.8. The van der Waals surface area contributed by atoms with E-state index in [9.17, 15) is 46.7 Å². The van der Waals surface area contributed by atoms with E-state index in [4.69, 9.17) is 16.3 Å². The van der Waals surface area contributed by atoms with Crippen molar-refractivity contribution in [2.24, 2.45) is 29.6 Å². The van der Waals surface area contributed by atoms with E-state index in [0.717, 1.165) is 54.0 Å². The summed E-state index contributed by atoms with van der Waals surface area (Å²) in [5, 5.41) is 8.11. The number of ether oxygens (including phenoxy) is 1. The van der Waals surface area contributed by atoms with Crippen molar-refractivity contribution in [2.75, 3.05) is 89.7 Å². The Kier molecular flexibility index (Phi) is 31.3. The van der Waals surface area contributed by atoms with Gasteiger partial charge in [-0.1, -0.05) is 123 Å². The van der Waals surface area contributed by atoms with Crippen LogP contribution in [0.2, 0.25) is 5.02 Å². The molecule has 0 bridgehead atoms. The minimum Gasteiger partial charge on any atom is -0.379 e. The van der Waals surface area contributed by atoms with Gasteiger partial charge in [0.05, 0.1) is 30.2 Å². The topological polar surface area (TPSA) is 279 Å². The Morgan fingerprint density at radius 2 is 1.30 bits per heavy atom. The van der Waals surface area contributed by atoms with Crippen LogP contribution < -0.4 is 16.0 Å². The van der Waals surface area contributed by atoms with Gasteiger partial charge in [-0.3, -0.25) is 57.5 Å². The van der Waals surface area contributed by atoms with Crippen LogP contribution in [0.5, 0.6) is 0 Å². The van der Waals surface area contributed by atoms with Gasteiger partial charge in [0, 0.05) is 76.6 Å². The van der Waals surface area contributed by atoms with Crippen molar-refractivity contribution < 1.29 is 75.4 Å². The minimum atomic E-state index is -4.78. The standard InChI is InChI=1S/C75H118ClF3N12O13/c1-17-47(6)62-71(101)85(11)48(7)66(96)91-37-33-55(91)70(100)87(13)57(41-49-25-19-18-20-26-49)69(99)84(10)43-60(92)80-54(32-30-50-29-31-52(53(76)40-50)75(77,78)79)67(97)89(15)59(44-104-38-34-45(2)3)65(95)82-74(35-23-24-36-74)73(103)90(16)63(51-27-21-22-28-51)72(102)88(14)58(68(98)83(8)9)42-61(93)86(12)56(39-46(4)5)64(94)81-62/h29,31,40,45-49,51,54-59,62-63H,17-28,30,32-39,41-44H2,1-16H3,(H,80,92)(H,81,94)(H,82,95)/t47-,48-,54-,55?,56-,57-,58-,59-,62-,63-/m0/s1. The summed E-state index contributed by atoms with van der Waals surface area (Å²) >= 11 is 6.19. The van der Waals surface area contributed by atoms with E-state index in [-0.39, 0.29) is 81.4 Å². The normalized spacial score (nSPS) is 26.7. The number of benzene rings is 1. The summed E-state index contributed by atoms with van der Waals surface area (Å²) in [6.07, 6.45) is 3.64. The largest absolute Gasteiger partial charge is 0.417 e. The van der Waals surface area contributed by atoms with Crippen LogP contribution >= 0.6 is 11.6 Å². The van der Waals surface area contributed by atoms with E-state index in [1.165, 1.54) is 111 Å². The minimum absolute atomic E-state index is 0.00444. The van der Waals surface area contributed by atoms with E-state index in [1.807, 2.05) is 34.6 Å². The van der Waals surface area contributed by atoms with Gasteiger partial charge in [-0.25, -0.2) is 0 Å². The maximum atomic E-state index is 15.8. The predicted molar refractivity (Wildman–Crippen MR) is 386 cm³/mol. The number of halogens is 4. The van der Waals surface area contributed by atoms with Crippen molar-refractivity contribution in [3.8, 4) is 0 Å². The molecule has 6 rings (SSSR count). The van der Waals surface area contributed by atoms with Crippen LogP contribution in [0.15, 0.2) is 18.2 Å². The molecule has 584 valence electrons. The van der Waals surface area contributed by atoms with E-state index < -0.39 is 179 Å². The second kappa shape index (κ2) is 37.9. The molecule has 10 atom stereocenters. The van der Waals surface area contributed by atoms with Crippen LogP contribution in [0.1, 0.15) is 188 Å². The van der Waals surface area contributed by atoms with Gasteiger partial charge in [0.2, 0.25) is 70.9 Å². The second-order valence-electron chi connectivity index (χ2n) is 31.2. The van der Waals surface area contributed by atoms with E-state index in [0.29, 0.717) is 51.4 Å². The van der Waals surface area contributed by atoms with E-state index in [2.05, 4.69) is 16.0 Å². The monoisotopic (exact) mass is 1490 g/mol. The molecule has 1 unspecified atom stereocenters. The van der Waals surface area contributed by atoms with Crippen molar-refractivity contribution in [3.63, 3.8) is 0 Å². The molecule has 0 radical (unpaired) electrons. The number of alkyl halides is 3. The molecule has 3 N–H and O–H groups in total. The molecular formula is C75H118ClF3N12O13. The zero-order chi connectivity index (χ0) is 77.6. The first-order valence-corrected chi connectivity index (χ1v) is 37.9. The third kappa shape index (κ3) is 21.4. The lowest BCUT2D eigenvalue weighted by Gasteiger charge is -2.45. The molecule has 1 aromatic carbocycles. The van der Waals surface area contributed by atoms with Gasteiger partial charge in [-0.15, -0.1) is 0 Å². The Hall–Kier alpha value is -7.10. The van der Waals surface area contributed by atoms with Crippen molar-refractivity contribution in [1.29, 1.82) is 0 Å². The molecule has 5 aliphatic rings. The zero-order valence-corrected chi connectivity index (χ0v) is 65.1. The third-order valence-corrected chi connectivity index (χ3v) is 22.9. The van der Waals surface area contributed by atoms with E-state index in [1.54, 1.807) is 6.92 Å². The number of amides is 12. The molecule has 5 fully saturated rings. The van der Waals surface area contributed by atoms with Crippen LogP contribution in [0.4, 0.5) is 13.2 Å². The highest BCUT2D eigenvalue weighted by atomic mass is 35.5. The molecule has 2 saturated heterocycles. The highest BCUT2D eigenvalue weighted by molar-refractivity contribution is 6.31. The van der Waals surface area contributed by atoms with Gasteiger partial charge >= 0.3 is 6.18 Å². The van der Waals surface area contributed by atoms with Gasteiger partial charge in [0.25, 0.3) is 0 Å². The number of aryl methyl sites for hydroxylation is 1. The summed E-state index contributed by atoms with van der Waals surface area (Å²) in [4.78, 5) is 192. The zero-order valence-electron chi connectivity index (χ0n) is 64.3. The number of carbonyl (C=O) groups excluding carboxylic acids is 12. The molecule has 1 spiro atoms.